The lowest BCUT2D eigenvalue weighted by atomic mass is 10.1. The van der Waals surface area contributed by atoms with Gasteiger partial charge in [-0.15, -0.1) is 0 Å². The molecule has 0 saturated carbocycles. The molecule has 0 aliphatic carbocycles. The molecule has 1 N–H and O–H groups in total. The first-order chi connectivity index (χ1) is 10.7. The summed E-state index contributed by atoms with van der Waals surface area (Å²) in [5.74, 6) is 0. The second-order valence-corrected chi connectivity index (χ2v) is 5.36. The topological polar surface area (TPSA) is 58.9 Å². The lowest BCUT2D eigenvalue weighted by Gasteiger charge is -2.05. The number of aryl methyl sites for hydroxylation is 2. The number of aromatic nitrogens is 5. The number of hydrogen-bond donors (Lipinski definition) is 1. The van der Waals surface area contributed by atoms with E-state index >= 15 is 0 Å². The van der Waals surface area contributed by atoms with E-state index in [1.165, 1.54) is 0 Å². The van der Waals surface area contributed by atoms with Crippen LogP contribution in [0.1, 0.15) is 11.4 Å². The van der Waals surface area contributed by atoms with Gasteiger partial charge < -0.3 is 4.98 Å². The zero-order valence-electron chi connectivity index (χ0n) is 12.4. The minimum atomic E-state index is 0.873. The van der Waals surface area contributed by atoms with Gasteiger partial charge in [0.25, 0.3) is 0 Å². The standard InChI is InChI=1S/C17H15N5/c1-11-6-17-20-10-15(12(2)22(17)21-11)16-7-14(9-19-16)13-4-3-5-18-8-13/h3-10,19H,1-2H3. The van der Waals surface area contributed by atoms with Gasteiger partial charge in [0.2, 0.25) is 0 Å². The lowest BCUT2D eigenvalue weighted by molar-refractivity contribution is 0.879. The van der Waals surface area contributed by atoms with Crippen molar-refractivity contribution in [3.63, 3.8) is 0 Å². The summed E-state index contributed by atoms with van der Waals surface area (Å²) in [5, 5.41) is 4.49. The van der Waals surface area contributed by atoms with Crippen LogP contribution in [0.15, 0.2) is 49.1 Å². The second-order valence-electron chi connectivity index (χ2n) is 5.36. The van der Waals surface area contributed by atoms with Gasteiger partial charge >= 0.3 is 0 Å². The quantitative estimate of drug-likeness (QED) is 0.615. The van der Waals surface area contributed by atoms with Crippen LogP contribution >= 0.6 is 0 Å². The van der Waals surface area contributed by atoms with E-state index in [-0.39, 0.29) is 0 Å². The van der Waals surface area contributed by atoms with Gasteiger partial charge in [-0.2, -0.15) is 5.10 Å². The van der Waals surface area contributed by atoms with Crippen LogP contribution < -0.4 is 0 Å². The van der Waals surface area contributed by atoms with E-state index in [2.05, 4.69) is 33.0 Å². The smallest absolute Gasteiger partial charge is 0.155 e. The molecule has 108 valence electrons. The normalized spacial score (nSPS) is 11.2. The minimum absolute atomic E-state index is 0.873. The van der Waals surface area contributed by atoms with Gasteiger partial charge in [-0.05, 0) is 26.0 Å². The molecule has 0 aromatic carbocycles. The Kier molecular flexibility index (Phi) is 2.79. The molecule has 5 nitrogen and oxygen atoms in total. The maximum absolute atomic E-state index is 4.49. The largest absolute Gasteiger partial charge is 0.360 e. The summed E-state index contributed by atoms with van der Waals surface area (Å²) in [6.07, 6.45) is 7.52. The highest BCUT2D eigenvalue weighted by Crippen LogP contribution is 2.27. The van der Waals surface area contributed by atoms with Crippen molar-refractivity contribution in [2.24, 2.45) is 0 Å². The zero-order valence-corrected chi connectivity index (χ0v) is 12.4. The SMILES string of the molecule is Cc1cc2ncc(-c3cc(-c4cccnc4)c[nH]3)c(C)n2n1. The summed E-state index contributed by atoms with van der Waals surface area (Å²) in [6.45, 7) is 4.03. The highest BCUT2D eigenvalue weighted by Gasteiger charge is 2.11. The van der Waals surface area contributed by atoms with Crippen LogP contribution in [0.3, 0.4) is 0 Å². The third kappa shape index (κ3) is 1.98. The fourth-order valence-electron chi connectivity index (χ4n) is 2.68. The summed E-state index contributed by atoms with van der Waals surface area (Å²) < 4.78 is 1.88. The third-order valence-corrected chi connectivity index (χ3v) is 3.81. The summed E-state index contributed by atoms with van der Waals surface area (Å²) in [6, 6.07) is 8.08. The molecule has 0 bridgehead atoms. The number of H-pyrrole nitrogens is 1. The van der Waals surface area contributed by atoms with Crippen molar-refractivity contribution in [3.05, 3.63) is 60.4 Å². The van der Waals surface area contributed by atoms with Gasteiger partial charge in [0, 0.05) is 53.2 Å². The van der Waals surface area contributed by atoms with Gasteiger partial charge in [-0.25, -0.2) is 9.50 Å². The van der Waals surface area contributed by atoms with Crippen LogP contribution in [-0.4, -0.2) is 24.6 Å². The van der Waals surface area contributed by atoms with E-state index < -0.39 is 0 Å². The number of rotatable bonds is 2. The Balaban J connectivity index is 1.83. The van der Waals surface area contributed by atoms with Crippen molar-refractivity contribution < 1.29 is 0 Å². The summed E-state index contributed by atoms with van der Waals surface area (Å²) >= 11 is 0. The van der Waals surface area contributed by atoms with Crippen molar-refractivity contribution in [1.82, 2.24) is 24.6 Å². The highest BCUT2D eigenvalue weighted by molar-refractivity contribution is 5.72. The number of nitrogens with one attached hydrogen (secondary N) is 1. The monoisotopic (exact) mass is 289 g/mol. The van der Waals surface area contributed by atoms with E-state index in [4.69, 9.17) is 0 Å². The molecule has 0 amide bonds. The van der Waals surface area contributed by atoms with Crippen LogP contribution in [0.5, 0.6) is 0 Å². The molecule has 4 heterocycles. The Bertz CT molecular complexity index is 950. The molecule has 0 aliphatic rings. The van der Waals surface area contributed by atoms with Gasteiger partial charge in [0.1, 0.15) is 0 Å². The average Bonchev–Trinajstić information content (AvgIpc) is 3.15. The lowest BCUT2D eigenvalue weighted by Crippen LogP contribution is -1.98. The van der Waals surface area contributed by atoms with Crippen molar-refractivity contribution in [2.75, 3.05) is 0 Å². The van der Waals surface area contributed by atoms with Crippen molar-refractivity contribution in [1.29, 1.82) is 0 Å². The molecular formula is C17H15N5. The fourth-order valence-corrected chi connectivity index (χ4v) is 2.68. The number of fused-ring (bicyclic) bond motifs is 1. The third-order valence-electron chi connectivity index (χ3n) is 3.81. The zero-order chi connectivity index (χ0) is 15.1. The molecular weight excluding hydrogens is 274 g/mol. The number of hydrogen-bond acceptors (Lipinski definition) is 3. The number of aromatic amines is 1. The molecule has 0 fully saturated rings. The van der Waals surface area contributed by atoms with E-state index in [9.17, 15) is 0 Å². The maximum atomic E-state index is 4.49. The molecule has 0 radical (unpaired) electrons. The molecule has 0 atom stereocenters. The Morgan fingerprint density at radius 2 is 2.00 bits per heavy atom. The van der Waals surface area contributed by atoms with E-state index in [1.807, 2.05) is 48.2 Å². The second kappa shape index (κ2) is 4.80. The molecule has 0 aliphatic heterocycles. The fraction of sp³-hybridized carbons (Fsp3) is 0.118. The van der Waals surface area contributed by atoms with E-state index in [1.54, 1.807) is 6.20 Å². The van der Waals surface area contributed by atoms with Crippen LogP contribution in [0.2, 0.25) is 0 Å². The van der Waals surface area contributed by atoms with Gasteiger partial charge in [-0.3, -0.25) is 4.98 Å². The van der Waals surface area contributed by atoms with Gasteiger partial charge in [0.15, 0.2) is 5.65 Å². The Morgan fingerprint density at radius 3 is 2.82 bits per heavy atom. The summed E-state index contributed by atoms with van der Waals surface area (Å²) in [7, 11) is 0. The van der Waals surface area contributed by atoms with E-state index in [0.717, 1.165) is 39.4 Å². The molecule has 0 saturated heterocycles. The molecule has 4 aromatic rings. The molecule has 5 heteroatoms. The molecule has 22 heavy (non-hydrogen) atoms. The van der Waals surface area contributed by atoms with Crippen LogP contribution in [0, 0.1) is 13.8 Å². The highest BCUT2D eigenvalue weighted by atomic mass is 15.3. The molecule has 4 aromatic heterocycles. The summed E-state index contributed by atoms with van der Waals surface area (Å²) in [4.78, 5) is 12.0. The van der Waals surface area contributed by atoms with Crippen molar-refractivity contribution in [3.8, 4) is 22.4 Å². The first kappa shape index (κ1) is 12.8. The summed E-state index contributed by atoms with van der Waals surface area (Å²) in [5.41, 5.74) is 7.18. The van der Waals surface area contributed by atoms with Gasteiger partial charge in [0.05, 0.1) is 11.4 Å². The predicted octanol–water partition coefficient (Wildman–Crippen LogP) is 3.40. The molecule has 0 unspecified atom stereocenters. The number of pyridine rings is 1. The average molecular weight is 289 g/mol. The molecule has 4 rings (SSSR count). The van der Waals surface area contributed by atoms with Crippen LogP contribution in [-0.2, 0) is 0 Å². The minimum Gasteiger partial charge on any atom is -0.360 e. The number of nitrogens with zero attached hydrogens (tertiary/aromatic N) is 4. The van der Waals surface area contributed by atoms with Crippen LogP contribution in [0.4, 0.5) is 0 Å². The first-order valence-electron chi connectivity index (χ1n) is 7.13. The Morgan fingerprint density at radius 1 is 1.09 bits per heavy atom. The van der Waals surface area contributed by atoms with Crippen molar-refractivity contribution >= 4 is 5.65 Å². The van der Waals surface area contributed by atoms with Crippen molar-refractivity contribution in [2.45, 2.75) is 13.8 Å². The van der Waals surface area contributed by atoms with E-state index in [0.29, 0.717) is 0 Å². The maximum Gasteiger partial charge on any atom is 0.155 e. The Labute approximate surface area is 127 Å². The first-order valence-corrected chi connectivity index (χ1v) is 7.13. The molecule has 0 spiro atoms. The Hall–Kier alpha value is -2.95. The van der Waals surface area contributed by atoms with Gasteiger partial charge in [-0.1, -0.05) is 6.07 Å². The van der Waals surface area contributed by atoms with Crippen LogP contribution in [0.25, 0.3) is 28.0 Å². The predicted molar refractivity (Wildman–Crippen MR) is 85.5 cm³/mol.